The van der Waals surface area contributed by atoms with Gasteiger partial charge in [0.25, 0.3) is 0 Å². The molecule has 0 amide bonds. The van der Waals surface area contributed by atoms with E-state index < -0.39 is 5.60 Å². The maximum absolute atomic E-state index is 9.97. The molecule has 2 aromatic rings. The first-order valence-corrected chi connectivity index (χ1v) is 7.14. The molecule has 0 spiro atoms. The molecule has 4 nitrogen and oxygen atoms in total. The van der Waals surface area contributed by atoms with Gasteiger partial charge in [0.15, 0.2) is 0 Å². The highest BCUT2D eigenvalue weighted by Crippen LogP contribution is 2.22. The number of piperidine rings is 1. The second-order valence-electron chi connectivity index (χ2n) is 5.91. The van der Waals surface area contributed by atoms with Crippen molar-refractivity contribution in [2.24, 2.45) is 0 Å². The molecule has 0 saturated carbocycles. The number of benzene rings is 1. The summed E-state index contributed by atoms with van der Waals surface area (Å²) in [5.74, 6) is 0. The van der Waals surface area contributed by atoms with Crippen LogP contribution < -0.4 is 0 Å². The van der Waals surface area contributed by atoms with Gasteiger partial charge in [-0.3, -0.25) is 4.90 Å². The summed E-state index contributed by atoms with van der Waals surface area (Å²) in [4.78, 5) is 6.47. The van der Waals surface area contributed by atoms with Gasteiger partial charge in [0.1, 0.15) is 0 Å². The highest BCUT2D eigenvalue weighted by atomic mass is 16.3. The number of nitrogens with zero attached hydrogens (tertiary/aromatic N) is 3. The molecule has 0 radical (unpaired) electrons. The summed E-state index contributed by atoms with van der Waals surface area (Å²) in [5, 5.41) is 9.97. The van der Waals surface area contributed by atoms with Crippen LogP contribution in [0.2, 0.25) is 0 Å². The minimum atomic E-state index is -0.470. The van der Waals surface area contributed by atoms with E-state index in [9.17, 15) is 5.11 Å². The Labute approximate surface area is 119 Å². The lowest BCUT2D eigenvalue weighted by Gasteiger charge is -2.35. The van der Waals surface area contributed by atoms with Crippen LogP contribution >= 0.6 is 0 Å². The molecule has 2 heterocycles. The van der Waals surface area contributed by atoms with Crippen LogP contribution in [0, 0.1) is 0 Å². The van der Waals surface area contributed by atoms with Crippen LogP contribution in [0.3, 0.4) is 0 Å². The Bertz CT molecular complexity index is 536. The number of likely N-dealkylation sites (tertiary alicyclic amines) is 1. The molecular weight excluding hydrogens is 250 g/mol. The Kier molecular flexibility index (Phi) is 3.59. The Morgan fingerprint density at radius 2 is 1.90 bits per heavy atom. The van der Waals surface area contributed by atoms with Crippen molar-refractivity contribution in [3.05, 3.63) is 48.5 Å². The Hall–Kier alpha value is -1.65. The summed E-state index contributed by atoms with van der Waals surface area (Å²) in [6.45, 7) is 4.83. The molecule has 1 aromatic heterocycles. The molecule has 0 bridgehead atoms. The number of imidazole rings is 1. The van der Waals surface area contributed by atoms with Crippen LogP contribution in [0.15, 0.2) is 43.0 Å². The molecule has 1 aromatic carbocycles. The van der Waals surface area contributed by atoms with E-state index in [-0.39, 0.29) is 0 Å². The van der Waals surface area contributed by atoms with Crippen LogP contribution in [-0.4, -0.2) is 38.2 Å². The quantitative estimate of drug-likeness (QED) is 0.930. The average molecular weight is 271 g/mol. The van der Waals surface area contributed by atoms with Gasteiger partial charge in [0.05, 0.1) is 11.9 Å². The van der Waals surface area contributed by atoms with Gasteiger partial charge in [-0.05, 0) is 37.5 Å². The van der Waals surface area contributed by atoms with Crippen molar-refractivity contribution >= 4 is 0 Å². The fourth-order valence-corrected chi connectivity index (χ4v) is 2.64. The van der Waals surface area contributed by atoms with Gasteiger partial charge >= 0.3 is 0 Å². The summed E-state index contributed by atoms with van der Waals surface area (Å²) in [6.07, 6.45) is 7.26. The van der Waals surface area contributed by atoms with E-state index in [1.54, 1.807) is 6.20 Å². The summed E-state index contributed by atoms with van der Waals surface area (Å²) in [7, 11) is 0. The van der Waals surface area contributed by atoms with Gasteiger partial charge in [-0.15, -0.1) is 0 Å². The van der Waals surface area contributed by atoms with Gasteiger partial charge in [-0.25, -0.2) is 4.98 Å². The number of hydrogen-bond acceptors (Lipinski definition) is 3. The lowest BCUT2D eigenvalue weighted by molar-refractivity contribution is -0.00729. The number of aliphatic hydroxyl groups is 1. The predicted octanol–water partition coefficient (Wildman–Crippen LogP) is 2.22. The third kappa shape index (κ3) is 3.08. The molecular formula is C16H21N3O. The molecule has 1 aliphatic heterocycles. The third-order valence-corrected chi connectivity index (χ3v) is 4.08. The fourth-order valence-electron chi connectivity index (χ4n) is 2.64. The normalized spacial score (nSPS) is 19.1. The monoisotopic (exact) mass is 271 g/mol. The van der Waals surface area contributed by atoms with Crippen molar-refractivity contribution in [3.63, 3.8) is 0 Å². The molecule has 0 unspecified atom stereocenters. The Morgan fingerprint density at radius 3 is 2.50 bits per heavy atom. The first kappa shape index (κ1) is 13.3. The van der Waals surface area contributed by atoms with E-state index in [1.807, 2.05) is 24.0 Å². The molecule has 1 fully saturated rings. The highest BCUT2D eigenvalue weighted by molar-refractivity contribution is 5.34. The van der Waals surface area contributed by atoms with Crippen LogP contribution in [-0.2, 0) is 6.54 Å². The molecule has 1 N–H and O–H groups in total. The van der Waals surface area contributed by atoms with E-state index in [1.165, 1.54) is 5.56 Å². The van der Waals surface area contributed by atoms with Crippen molar-refractivity contribution in [3.8, 4) is 5.69 Å². The van der Waals surface area contributed by atoms with Crippen LogP contribution in [0.4, 0.5) is 0 Å². The van der Waals surface area contributed by atoms with Crippen LogP contribution in [0.1, 0.15) is 25.3 Å². The van der Waals surface area contributed by atoms with Crippen LogP contribution in [0.5, 0.6) is 0 Å². The minimum Gasteiger partial charge on any atom is -0.390 e. The molecule has 1 aliphatic rings. The summed E-state index contributed by atoms with van der Waals surface area (Å²) >= 11 is 0. The second kappa shape index (κ2) is 5.38. The lowest BCUT2D eigenvalue weighted by atomic mass is 9.93. The van der Waals surface area contributed by atoms with E-state index in [0.29, 0.717) is 0 Å². The fraction of sp³-hybridized carbons (Fsp3) is 0.438. The van der Waals surface area contributed by atoms with E-state index in [0.717, 1.165) is 38.2 Å². The van der Waals surface area contributed by atoms with Crippen molar-refractivity contribution in [1.29, 1.82) is 0 Å². The number of rotatable bonds is 3. The van der Waals surface area contributed by atoms with Gasteiger partial charge < -0.3 is 9.67 Å². The second-order valence-corrected chi connectivity index (χ2v) is 5.91. The molecule has 106 valence electrons. The topological polar surface area (TPSA) is 41.3 Å². The third-order valence-electron chi connectivity index (χ3n) is 4.08. The smallest absolute Gasteiger partial charge is 0.0991 e. The molecule has 20 heavy (non-hydrogen) atoms. The molecule has 4 heteroatoms. The maximum atomic E-state index is 9.97. The minimum absolute atomic E-state index is 0.470. The SMILES string of the molecule is CC1(O)CCN(Cc2ccc(-n3ccnc3)cc2)CC1. The molecule has 0 atom stereocenters. The average Bonchev–Trinajstić information content (AvgIpc) is 2.96. The zero-order chi connectivity index (χ0) is 14.0. The maximum Gasteiger partial charge on any atom is 0.0991 e. The molecule has 3 rings (SSSR count). The number of hydrogen-bond donors (Lipinski definition) is 1. The van der Waals surface area contributed by atoms with Gasteiger partial charge in [-0.1, -0.05) is 12.1 Å². The predicted molar refractivity (Wildman–Crippen MR) is 78.7 cm³/mol. The summed E-state index contributed by atoms with van der Waals surface area (Å²) in [5.41, 5.74) is 1.98. The Morgan fingerprint density at radius 1 is 1.20 bits per heavy atom. The van der Waals surface area contributed by atoms with Gasteiger partial charge in [-0.2, -0.15) is 0 Å². The lowest BCUT2D eigenvalue weighted by Crippen LogP contribution is -2.41. The van der Waals surface area contributed by atoms with E-state index in [2.05, 4.69) is 34.1 Å². The zero-order valence-electron chi connectivity index (χ0n) is 11.9. The van der Waals surface area contributed by atoms with Crippen molar-refractivity contribution in [1.82, 2.24) is 14.5 Å². The van der Waals surface area contributed by atoms with Crippen molar-refractivity contribution in [2.45, 2.75) is 31.9 Å². The highest BCUT2D eigenvalue weighted by Gasteiger charge is 2.26. The zero-order valence-corrected chi connectivity index (χ0v) is 11.9. The van der Waals surface area contributed by atoms with Crippen molar-refractivity contribution in [2.75, 3.05) is 13.1 Å². The largest absolute Gasteiger partial charge is 0.390 e. The van der Waals surface area contributed by atoms with E-state index >= 15 is 0 Å². The van der Waals surface area contributed by atoms with Crippen molar-refractivity contribution < 1.29 is 5.11 Å². The summed E-state index contributed by atoms with van der Waals surface area (Å²) in [6, 6.07) is 8.58. The molecule has 0 aliphatic carbocycles. The first-order chi connectivity index (χ1) is 9.62. The van der Waals surface area contributed by atoms with Gasteiger partial charge in [0, 0.05) is 37.7 Å². The van der Waals surface area contributed by atoms with Gasteiger partial charge in [0.2, 0.25) is 0 Å². The molecule has 1 saturated heterocycles. The standard InChI is InChI=1S/C16H21N3O/c1-16(20)6-9-18(10-7-16)12-14-2-4-15(5-3-14)19-11-8-17-13-19/h2-5,8,11,13,20H,6-7,9-10,12H2,1H3. The summed E-state index contributed by atoms with van der Waals surface area (Å²) < 4.78 is 2.00. The number of aromatic nitrogens is 2. The first-order valence-electron chi connectivity index (χ1n) is 7.14. The Balaban J connectivity index is 1.61. The van der Waals surface area contributed by atoms with Crippen LogP contribution in [0.25, 0.3) is 5.69 Å². The van der Waals surface area contributed by atoms with E-state index in [4.69, 9.17) is 0 Å².